The molecule has 0 aliphatic carbocycles. The fourth-order valence-corrected chi connectivity index (χ4v) is 2.34. The van der Waals surface area contributed by atoms with Gasteiger partial charge in [-0.3, -0.25) is 14.4 Å². The number of aliphatic carboxylic acids is 1. The molecule has 0 heterocycles. The molecular weight excluding hydrogens is 310 g/mol. The molecule has 0 saturated carbocycles. The Balaban J connectivity index is 2.64. The maximum Gasteiger partial charge on any atom is 0.307 e. The van der Waals surface area contributed by atoms with E-state index in [0.717, 1.165) is 0 Å². The maximum atomic E-state index is 12.8. The van der Waals surface area contributed by atoms with Crippen LogP contribution in [0.15, 0.2) is 42.5 Å². The van der Waals surface area contributed by atoms with Gasteiger partial charge in [0.1, 0.15) is 5.75 Å². The number of carboxylic acids is 1. The van der Waals surface area contributed by atoms with Crippen LogP contribution in [-0.2, 0) is 16.0 Å². The van der Waals surface area contributed by atoms with Gasteiger partial charge in [0.15, 0.2) is 5.78 Å². The number of rotatable bonds is 6. The highest BCUT2D eigenvalue weighted by Gasteiger charge is 2.20. The van der Waals surface area contributed by atoms with E-state index in [9.17, 15) is 14.4 Å². The molecule has 24 heavy (non-hydrogen) atoms. The SMILES string of the molecule is COc1cc(CC(=O)O)c(NC(C)=O)c(C(=O)c2ccccc2)c1. The van der Waals surface area contributed by atoms with Crippen molar-refractivity contribution >= 4 is 23.3 Å². The molecule has 0 aromatic heterocycles. The highest BCUT2D eigenvalue weighted by molar-refractivity contribution is 6.14. The Morgan fingerprint density at radius 1 is 1.12 bits per heavy atom. The van der Waals surface area contributed by atoms with E-state index in [1.807, 2.05) is 0 Å². The van der Waals surface area contributed by atoms with Gasteiger partial charge in [0, 0.05) is 12.5 Å². The second kappa shape index (κ2) is 7.41. The number of amides is 1. The van der Waals surface area contributed by atoms with Crippen LogP contribution in [0.5, 0.6) is 5.75 Å². The molecule has 0 saturated heterocycles. The van der Waals surface area contributed by atoms with Crippen LogP contribution in [0.25, 0.3) is 0 Å². The van der Waals surface area contributed by atoms with Crippen LogP contribution in [-0.4, -0.2) is 29.9 Å². The van der Waals surface area contributed by atoms with Crippen molar-refractivity contribution in [3.05, 3.63) is 59.2 Å². The van der Waals surface area contributed by atoms with Gasteiger partial charge in [-0.25, -0.2) is 0 Å². The van der Waals surface area contributed by atoms with E-state index in [-0.39, 0.29) is 23.5 Å². The quantitative estimate of drug-likeness (QED) is 0.795. The molecular formula is C18H17NO5. The summed E-state index contributed by atoms with van der Waals surface area (Å²) >= 11 is 0. The van der Waals surface area contributed by atoms with Crippen LogP contribution in [0.1, 0.15) is 28.4 Å². The molecule has 6 heteroatoms. The number of ether oxygens (including phenoxy) is 1. The van der Waals surface area contributed by atoms with E-state index < -0.39 is 11.9 Å². The third-order valence-corrected chi connectivity index (χ3v) is 3.35. The molecule has 124 valence electrons. The summed E-state index contributed by atoms with van der Waals surface area (Å²) < 4.78 is 5.17. The molecule has 0 fully saturated rings. The first kappa shape index (κ1) is 17.2. The van der Waals surface area contributed by atoms with Crippen molar-refractivity contribution in [2.24, 2.45) is 0 Å². The van der Waals surface area contributed by atoms with Gasteiger partial charge in [-0.1, -0.05) is 30.3 Å². The van der Waals surface area contributed by atoms with Gasteiger partial charge in [-0.2, -0.15) is 0 Å². The number of ketones is 1. The zero-order valence-corrected chi connectivity index (χ0v) is 13.3. The van der Waals surface area contributed by atoms with Crippen molar-refractivity contribution in [2.75, 3.05) is 12.4 Å². The van der Waals surface area contributed by atoms with Crippen LogP contribution >= 0.6 is 0 Å². The first-order chi connectivity index (χ1) is 11.4. The summed E-state index contributed by atoms with van der Waals surface area (Å²) in [6, 6.07) is 11.5. The number of methoxy groups -OCH3 is 1. The molecule has 0 aliphatic heterocycles. The predicted octanol–water partition coefficient (Wildman–Crippen LogP) is 2.51. The first-order valence-corrected chi connectivity index (χ1v) is 7.22. The van der Waals surface area contributed by atoms with E-state index in [4.69, 9.17) is 9.84 Å². The monoisotopic (exact) mass is 327 g/mol. The maximum absolute atomic E-state index is 12.8. The second-order valence-corrected chi connectivity index (χ2v) is 5.16. The zero-order chi connectivity index (χ0) is 17.7. The van der Waals surface area contributed by atoms with Crippen molar-refractivity contribution in [2.45, 2.75) is 13.3 Å². The molecule has 2 aromatic carbocycles. The fourth-order valence-electron chi connectivity index (χ4n) is 2.34. The summed E-state index contributed by atoms with van der Waals surface area (Å²) in [4.78, 5) is 35.4. The molecule has 6 nitrogen and oxygen atoms in total. The van der Waals surface area contributed by atoms with E-state index >= 15 is 0 Å². The van der Waals surface area contributed by atoms with Crippen LogP contribution in [0, 0.1) is 0 Å². The lowest BCUT2D eigenvalue weighted by molar-refractivity contribution is -0.136. The molecule has 0 bridgehead atoms. The Labute approximate surface area is 139 Å². The zero-order valence-electron chi connectivity index (χ0n) is 13.3. The lowest BCUT2D eigenvalue weighted by atomic mass is 9.96. The fraction of sp³-hybridized carbons (Fsp3) is 0.167. The highest BCUT2D eigenvalue weighted by Crippen LogP contribution is 2.30. The summed E-state index contributed by atoms with van der Waals surface area (Å²) in [6.07, 6.45) is -0.345. The number of carbonyl (C=O) groups is 3. The molecule has 0 radical (unpaired) electrons. The summed E-state index contributed by atoms with van der Waals surface area (Å²) in [5, 5.41) is 11.7. The largest absolute Gasteiger partial charge is 0.497 e. The van der Waals surface area contributed by atoms with Gasteiger partial charge >= 0.3 is 5.97 Å². The van der Waals surface area contributed by atoms with Gasteiger partial charge in [-0.15, -0.1) is 0 Å². The number of hydrogen-bond acceptors (Lipinski definition) is 4. The number of benzene rings is 2. The molecule has 0 spiro atoms. The number of anilines is 1. The average Bonchev–Trinajstić information content (AvgIpc) is 2.55. The summed E-state index contributed by atoms with van der Waals surface area (Å²) in [6.45, 7) is 1.30. The predicted molar refractivity (Wildman–Crippen MR) is 88.5 cm³/mol. The first-order valence-electron chi connectivity index (χ1n) is 7.22. The molecule has 0 atom stereocenters. The second-order valence-electron chi connectivity index (χ2n) is 5.16. The van der Waals surface area contributed by atoms with Crippen molar-refractivity contribution in [3.63, 3.8) is 0 Å². The third kappa shape index (κ3) is 3.98. The molecule has 2 rings (SSSR count). The van der Waals surface area contributed by atoms with Gasteiger partial charge < -0.3 is 15.2 Å². The third-order valence-electron chi connectivity index (χ3n) is 3.35. The smallest absolute Gasteiger partial charge is 0.307 e. The van der Waals surface area contributed by atoms with Crippen LogP contribution < -0.4 is 10.1 Å². The Hall–Kier alpha value is -3.15. The van der Waals surface area contributed by atoms with Crippen LogP contribution in [0.4, 0.5) is 5.69 Å². The number of carboxylic acid groups (broad SMARTS) is 1. The minimum absolute atomic E-state index is 0.187. The van der Waals surface area contributed by atoms with Gasteiger partial charge in [0.05, 0.1) is 24.8 Å². The standard InChI is InChI=1S/C18H17NO5/c1-11(20)19-17-13(9-16(21)22)8-14(24-2)10-15(17)18(23)12-6-4-3-5-7-12/h3-8,10H,9H2,1-2H3,(H,19,20)(H,21,22). The summed E-state index contributed by atoms with van der Waals surface area (Å²) in [7, 11) is 1.43. The highest BCUT2D eigenvalue weighted by atomic mass is 16.5. The van der Waals surface area contributed by atoms with Crippen molar-refractivity contribution < 1.29 is 24.2 Å². The van der Waals surface area contributed by atoms with Gasteiger partial charge in [-0.05, 0) is 17.7 Å². The molecule has 2 aromatic rings. The normalized spacial score (nSPS) is 10.1. The van der Waals surface area contributed by atoms with Crippen LogP contribution in [0.3, 0.4) is 0 Å². The number of nitrogens with one attached hydrogen (secondary N) is 1. The van der Waals surface area contributed by atoms with Crippen molar-refractivity contribution in [1.29, 1.82) is 0 Å². The Bertz CT molecular complexity index is 783. The van der Waals surface area contributed by atoms with Gasteiger partial charge in [0.25, 0.3) is 0 Å². The van der Waals surface area contributed by atoms with E-state index in [1.165, 1.54) is 26.2 Å². The van der Waals surface area contributed by atoms with Crippen molar-refractivity contribution in [1.82, 2.24) is 0 Å². The van der Waals surface area contributed by atoms with E-state index in [2.05, 4.69) is 5.32 Å². The van der Waals surface area contributed by atoms with Crippen LogP contribution in [0.2, 0.25) is 0 Å². The Kier molecular flexibility index (Phi) is 5.31. The van der Waals surface area contributed by atoms with E-state index in [0.29, 0.717) is 16.9 Å². The lowest BCUT2D eigenvalue weighted by Gasteiger charge is -2.16. The minimum Gasteiger partial charge on any atom is -0.497 e. The Morgan fingerprint density at radius 3 is 2.33 bits per heavy atom. The summed E-state index contributed by atoms with van der Waals surface area (Å²) in [5.41, 5.74) is 1.11. The van der Waals surface area contributed by atoms with Crippen molar-refractivity contribution in [3.8, 4) is 5.75 Å². The average molecular weight is 327 g/mol. The Morgan fingerprint density at radius 2 is 1.79 bits per heavy atom. The minimum atomic E-state index is -1.08. The lowest BCUT2D eigenvalue weighted by Crippen LogP contribution is -2.16. The molecule has 1 amide bonds. The summed E-state index contributed by atoms with van der Waals surface area (Å²) in [5.74, 6) is -1.45. The topological polar surface area (TPSA) is 92.7 Å². The number of hydrogen-bond donors (Lipinski definition) is 2. The molecule has 0 unspecified atom stereocenters. The number of carbonyl (C=O) groups excluding carboxylic acids is 2. The van der Waals surface area contributed by atoms with E-state index in [1.54, 1.807) is 30.3 Å². The van der Waals surface area contributed by atoms with Gasteiger partial charge in [0.2, 0.25) is 5.91 Å². The molecule has 2 N–H and O–H groups in total. The molecule has 0 aliphatic rings.